The van der Waals surface area contributed by atoms with Crippen LogP contribution in [0.25, 0.3) is 15.0 Å². The van der Waals surface area contributed by atoms with Crippen LogP contribution in [0.1, 0.15) is 25.7 Å². The molecule has 0 aliphatic rings. The van der Waals surface area contributed by atoms with Crippen LogP contribution in [0.2, 0.25) is 0 Å². The van der Waals surface area contributed by atoms with Gasteiger partial charge in [0.25, 0.3) is 5.91 Å². The highest BCUT2D eigenvalue weighted by Gasteiger charge is 2.18. The summed E-state index contributed by atoms with van der Waals surface area (Å²) in [6, 6.07) is 16.0. The summed E-state index contributed by atoms with van der Waals surface area (Å²) in [4.78, 5) is 14.4. The normalized spacial score (nSPS) is 11.8. The smallest absolute Gasteiger partial charge is 0.265 e. The molecule has 0 radical (unpaired) electrons. The minimum absolute atomic E-state index is 0.135. The second-order valence-electron chi connectivity index (χ2n) is 5.56. The monoisotopic (exact) mass is 397 g/mol. The Kier molecular flexibility index (Phi) is 4.99. The number of thiophene rings is 3. The predicted molar refractivity (Wildman–Crippen MR) is 111 cm³/mol. The van der Waals surface area contributed by atoms with Crippen molar-refractivity contribution in [1.29, 1.82) is 0 Å². The molecular weight excluding hydrogens is 382 g/mol. The lowest BCUT2D eigenvalue weighted by Crippen LogP contribution is -2.18. The van der Waals surface area contributed by atoms with Gasteiger partial charge in [0.15, 0.2) is 0 Å². The predicted octanol–water partition coefficient (Wildman–Crippen LogP) is 5.34. The van der Waals surface area contributed by atoms with E-state index in [1.165, 1.54) is 11.3 Å². The summed E-state index contributed by atoms with van der Waals surface area (Å²) in [6.45, 7) is -0.135. The van der Waals surface area contributed by atoms with E-state index >= 15 is 0 Å². The Hall–Kier alpha value is -2.25. The Labute approximate surface area is 162 Å². The number of hydrogen-bond acceptors (Lipinski definition) is 5. The van der Waals surface area contributed by atoms with Gasteiger partial charge in [-0.2, -0.15) is 0 Å². The zero-order chi connectivity index (χ0) is 17.9. The SMILES string of the molecule is O=C(NC=C(c1ccccc1)c1cccs1)c1sc2ccsc2c1CO. The number of hydrogen-bond donors (Lipinski definition) is 2. The van der Waals surface area contributed by atoms with Gasteiger partial charge in [0.2, 0.25) is 0 Å². The fourth-order valence-corrected chi connectivity index (χ4v) is 5.78. The van der Waals surface area contributed by atoms with E-state index in [2.05, 4.69) is 5.32 Å². The average molecular weight is 398 g/mol. The second-order valence-corrected chi connectivity index (χ2v) is 8.47. The maximum atomic E-state index is 12.7. The number of fused-ring (bicyclic) bond motifs is 1. The molecule has 0 saturated carbocycles. The molecule has 0 unspecified atom stereocenters. The van der Waals surface area contributed by atoms with E-state index in [0.29, 0.717) is 10.4 Å². The quantitative estimate of drug-likeness (QED) is 0.478. The Balaban J connectivity index is 1.67. The first-order valence-corrected chi connectivity index (χ1v) is 10.6. The molecule has 0 saturated heterocycles. The molecule has 2 N–H and O–H groups in total. The van der Waals surface area contributed by atoms with E-state index in [1.54, 1.807) is 28.9 Å². The molecule has 4 aromatic rings. The molecule has 6 heteroatoms. The van der Waals surface area contributed by atoms with Crippen LogP contribution in [0.3, 0.4) is 0 Å². The van der Waals surface area contributed by atoms with Crippen molar-refractivity contribution >= 4 is 54.9 Å². The van der Waals surface area contributed by atoms with Crippen LogP contribution in [0.4, 0.5) is 0 Å². The number of carbonyl (C=O) groups excluding carboxylic acids is 1. The summed E-state index contributed by atoms with van der Waals surface area (Å²) < 4.78 is 2.03. The van der Waals surface area contributed by atoms with E-state index in [0.717, 1.165) is 25.4 Å². The van der Waals surface area contributed by atoms with Crippen LogP contribution in [0.15, 0.2) is 65.5 Å². The standard InChI is InChI=1S/C20H15NO2S3/c22-12-15-18-17(8-10-25-18)26-19(15)20(23)21-11-14(16-7-4-9-24-16)13-5-2-1-3-6-13/h1-11,22H,12H2,(H,21,23). The first kappa shape index (κ1) is 17.2. The molecule has 0 spiro atoms. The van der Waals surface area contributed by atoms with Crippen molar-refractivity contribution in [3.05, 3.63) is 86.4 Å². The third-order valence-corrected chi connectivity index (χ3v) is 7.18. The molecular formula is C20H15NO2S3. The van der Waals surface area contributed by atoms with Gasteiger partial charge < -0.3 is 10.4 Å². The lowest BCUT2D eigenvalue weighted by atomic mass is 10.1. The van der Waals surface area contributed by atoms with Crippen LogP contribution in [-0.4, -0.2) is 11.0 Å². The van der Waals surface area contributed by atoms with Crippen LogP contribution in [-0.2, 0) is 6.61 Å². The number of rotatable bonds is 5. The van der Waals surface area contributed by atoms with Gasteiger partial charge in [0.1, 0.15) is 0 Å². The van der Waals surface area contributed by atoms with E-state index in [4.69, 9.17) is 0 Å². The highest BCUT2D eigenvalue weighted by Crippen LogP contribution is 2.35. The van der Waals surface area contributed by atoms with Crippen molar-refractivity contribution in [2.75, 3.05) is 0 Å². The topological polar surface area (TPSA) is 49.3 Å². The minimum Gasteiger partial charge on any atom is -0.392 e. The van der Waals surface area contributed by atoms with Gasteiger partial charge in [0, 0.05) is 26.9 Å². The van der Waals surface area contributed by atoms with Crippen LogP contribution < -0.4 is 5.32 Å². The lowest BCUT2D eigenvalue weighted by Gasteiger charge is -2.07. The molecule has 4 rings (SSSR count). The number of carbonyl (C=O) groups is 1. The number of aliphatic hydroxyl groups is 1. The van der Waals surface area contributed by atoms with E-state index in [-0.39, 0.29) is 12.5 Å². The van der Waals surface area contributed by atoms with Gasteiger partial charge in [-0.3, -0.25) is 4.79 Å². The summed E-state index contributed by atoms with van der Waals surface area (Å²) in [5.74, 6) is -0.188. The third-order valence-electron chi connectivity index (χ3n) is 3.97. The summed E-state index contributed by atoms with van der Waals surface area (Å²) in [6.07, 6.45) is 1.76. The summed E-state index contributed by atoms with van der Waals surface area (Å²) >= 11 is 4.60. The van der Waals surface area contributed by atoms with Crippen molar-refractivity contribution in [3.63, 3.8) is 0 Å². The molecule has 0 bridgehead atoms. The van der Waals surface area contributed by atoms with Crippen LogP contribution in [0.5, 0.6) is 0 Å². The second kappa shape index (κ2) is 7.55. The van der Waals surface area contributed by atoms with Crippen molar-refractivity contribution in [2.24, 2.45) is 0 Å². The Morgan fingerprint density at radius 2 is 1.88 bits per heavy atom. The minimum atomic E-state index is -0.188. The van der Waals surface area contributed by atoms with Crippen LogP contribution in [0, 0.1) is 0 Å². The number of benzene rings is 1. The molecule has 26 heavy (non-hydrogen) atoms. The van der Waals surface area contributed by atoms with Crippen LogP contribution >= 0.6 is 34.0 Å². The summed E-state index contributed by atoms with van der Waals surface area (Å²) in [7, 11) is 0. The van der Waals surface area contributed by atoms with Crippen molar-refractivity contribution < 1.29 is 9.90 Å². The van der Waals surface area contributed by atoms with Gasteiger partial charge >= 0.3 is 0 Å². The molecule has 0 fully saturated rings. The molecule has 1 aromatic carbocycles. The molecule has 0 aliphatic heterocycles. The summed E-state index contributed by atoms with van der Waals surface area (Å²) in [5.41, 5.74) is 2.73. The maximum absolute atomic E-state index is 12.7. The van der Waals surface area contributed by atoms with Gasteiger partial charge in [-0.15, -0.1) is 34.0 Å². The lowest BCUT2D eigenvalue weighted by molar-refractivity contribution is 0.0971. The highest BCUT2D eigenvalue weighted by molar-refractivity contribution is 7.28. The average Bonchev–Trinajstić information content (AvgIpc) is 3.39. The number of nitrogens with one attached hydrogen (secondary N) is 1. The van der Waals surface area contributed by atoms with Gasteiger partial charge in [-0.1, -0.05) is 36.4 Å². The first-order chi connectivity index (χ1) is 12.8. The number of aliphatic hydroxyl groups excluding tert-OH is 1. The van der Waals surface area contributed by atoms with E-state index in [9.17, 15) is 9.90 Å². The first-order valence-electron chi connectivity index (χ1n) is 7.98. The molecule has 3 aromatic heterocycles. The zero-order valence-electron chi connectivity index (χ0n) is 13.6. The van der Waals surface area contributed by atoms with Crippen molar-refractivity contribution in [2.45, 2.75) is 6.61 Å². The number of amides is 1. The Morgan fingerprint density at radius 1 is 1.04 bits per heavy atom. The molecule has 0 atom stereocenters. The molecule has 130 valence electrons. The fraction of sp³-hybridized carbons (Fsp3) is 0.0500. The maximum Gasteiger partial charge on any atom is 0.265 e. The Morgan fingerprint density at radius 3 is 2.62 bits per heavy atom. The van der Waals surface area contributed by atoms with Crippen molar-refractivity contribution in [1.82, 2.24) is 5.32 Å². The van der Waals surface area contributed by atoms with Gasteiger partial charge in [-0.25, -0.2) is 0 Å². The molecule has 1 amide bonds. The largest absolute Gasteiger partial charge is 0.392 e. The molecule has 3 heterocycles. The highest BCUT2D eigenvalue weighted by atomic mass is 32.1. The van der Waals surface area contributed by atoms with E-state index in [1.807, 2.05) is 59.3 Å². The Bertz CT molecular complexity index is 1060. The fourth-order valence-electron chi connectivity index (χ4n) is 2.75. The van der Waals surface area contributed by atoms with Gasteiger partial charge in [0.05, 0.1) is 16.2 Å². The zero-order valence-corrected chi connectivity index (χ0v) is 16.1. The molecule has 0 aliphatic carbocycles. The van der Waals surface area contributed by atoms with Gasteiger partial charge in [-0.05, 0) is 28.5 Å². The summed E-state index contributed by atoms with van der Waals surface area (Å²) in [5, 5.41) is 16.6. The van der Waals surface area contributed by atoms with Crippen molar-refractivity contribution in [3.8, 4) is 0 Å². The molecule has 3 nitrogen and oxygen atoms in total. The van der Waals surface area contributed by atoms with E-state index < -0.39 is 0 Å². The third kappa shape index (κ3) is 3.24.